The van der Waals surface area contributed by atoms with Crippen LogP contribution in [0.4, 0.5) is 5.82 Å². The van der Waals surface area contributed by atoms with Crippen LogP contribution in [-0.4, -0.2) is 40.5 Å². The molecule has 0 aliphatic heterocycles. The predicted octanol–water partition coefficient (Wildman–Crippen LogP) is 3.56. The molecule has 3 aromatic rings. The fourth-order valence-corrected chi connectivity index (χ4v) is 3.22. The summed E-state index contributed by atoms with van der Waals surface area (Å²) in [7, 11) is 0. The first-order valence-electron chi connectivity index (χ1n) is 9.63. The molecule has 6 heteroatoms. The molecule has 0 bridgehead atoms. The van der Waals surface area contributed by atoms with E-state index in [1.165, 1.54) is 10.9 Å². The number of fused-ring (bicyclic) bond motifs is 1. The summed E-state index contributed by atoms with van der Waals surface area (Å²) in [6.45, 7) is 6.73. The molecule has 3 rings (SSSR count). The van der Waals surface area contributed by atoms with E-state index in [-0.39, 0.29) is 5.91 Å². The van der Waals surface area contributed by atoms with Gasteiger partial charge in [-0.25, -0.2) is 9.97 Å². The Morgan fingerprint density at radius 2 is 1.89 bits per heavy atom. The third-order valence-corrected chi connectivity index (χ3v) is 4.54. The number of nitrogens with zero attached hydrogens (tertiary/aromatic N) is 3. The van der Waals surface area contributed by atoms with Crippen molar-refractivity contribution in [3.05, 3.63) is 54.1 Å². The molecule has 6 nitrogen and oxygen atoms in total. The van der Waals surface area contributed by atoms with E-state index < -0.39 is 0 Å². The van der Waals surface area contributed by atoms with E-state index in [4.69, 9.17) is 0 Å². The van der Waals surface area contributed by atoms with Crippen LogP contribution in [0.3, 0.4) is 0 Å². The first-order valence-corrected chi connectivity index (χ1v) is 9.63. The van der Waals surface area contributed by atoms with Crippen molar-refractivity contribution in [2.75, 3.05) is 24.5 Å². The lowest BCUT2D eigenvalue weighted by Crippen LogP contribution is -2.28. The second-order valence-corrected chi connectivity index (χ2v) is 6.61. The third-order valence-electron chi connectivity index (χ3n) is 4.54. The minimum absolute atomic E-state index is 0.188. The second kappa shape index (κ2) is 9.16. The summed E-state index contributed by atoms with van der Waals surface area (Å²) in [5, 5.41) is 4.13. The number of H-pyrrole nitrogens is 1. The molecule has 0 saturated carbocycles. The molecule has 0 radical (unpaired) electrons. The summed E-state index contributed by atoms with van der Waals surface area (Å²) in [4.78, 5) is 26.5. The van der Waals surface area contributed by atoms with Gasteiger partial charge in [-0.1, -0.05) is 32.0 Å². The van der Waals surface area contributed by atoms with Gasteiger partial charge in [0.1, 0.15) is 11.5 Å². The van der Waals surface area contributed by atoms with Crippen LogP contribution in [-0.2, 0) is 6.42 Å². The molecule has 1 amide bonds. The SMILES string of the molecule is CCCN(CCC)c1cnc(C(=O)NCCc2c[nH]c3ccccc23)cn1. The summed E-state index contributed by atoms with van der Waals surface area (Å²) in [6.07, 6.45) is 8.13. The van der Waals surface area contributed by atoms with Crippen LogP contribution in [0.25, 0.3) is 10.9 Å². The molecule has 0 fully saturated rings. The van der Waals surface area contributed by atoms with Crippen LogP contribution in [0.15, 0.2) is 42.9 Å². The zero-order chi connectivity index (χ0) is 19.1. The molecular weight excluding hydrogens is 338 g/mol. The molecule has 27 heavy (non-hydrogen) atoms. The molecule has 2 heterocycles. The number of amides is 1. The van der Waals surface area contributed by atoms with Gasteiger partial charge in [-0.3, -0.25) is 4.79 Å². The number of carbonyl (C=O) groups is 1. The van der Waals surface area contributed by atoms with Gasteiger partial charge in [0.25, 0.3) is 5.91 Å². The van der Waals surface area contributed by atoms with Crippen molar-refractivity contribution in [2.24, 2.45) is 0 Å². The van der Waals surface area contributed by atoms with Gasteiger partial charge in [-0.15, -0.1) is 0 Å². The van der Waals surface area contributed by atoms with Gasteiger partial charge in [0.15, 0.2) is 0 Å². The van der Waals surface area contributed by atoms with E-state index >= 15 is 0 Å². The fraction of sp³-hybridized carbons (Fsp3) is 0.381. The van der Waals surface area contributed by atoms with Crippen molar-refractivity contribution in [3.8, 4) is 0 Å². The van der Waals surface area contributed by atoms with Crippen LogP contribution < -0.4 is 10.2 Å². The average Bonchev–Trinajstić information content (AvgIpc) is 3.11. The smallest absolute Gasteiger partial charge is 0.271 e. The monoisotopic (exact) mass is 365 g/mol. The Morgan fingerprint density at radius 3 is 2.59 bits per heavy atom. The zero-order valence-corrected chi connectivity index (χ0v) is 16.0. The molecule has 1 aromatic carbocycles. The molecule has 2 N–H and O–H groups in total. The molecule has 0 spiro atoms. The number of nitrogens with one attached hydrogen (secondary N) is 2. The second-order valence-electron chi connectivity index (χ2n) is 6.61. The van der Waals surface area contributed by atoms with Gasteiger partial charge in [0.05, 0.1) is 12.4 Å². The highest BCUT2D eigenvalue weighted by molar-refractivity contribution is 5.92. The Balaban J connectivity index is 1.56. The van der Waals surface area contributed by atoms with Crippen molar-refractivity contribution in [3.63, 3.8) is 0 Å². The van der Waals surface area contributed by atoms with Crippen molar-refractivity contribution in [2.45, 2.75) is 33.1 Å². The maximum absolute atomic E-state index is 12.3. The Morgan fingerprint density at radius 1 is 1.11 bits per heavy atom. The van der Waals surface area contributed by atoms with E-state index in [9.17, 15) is 4.79 Å². The highest BCUT2D eigenvalue weighted by Crippen LogP contribution is 2.17. The molecule has 0 aliphatic carbocycles. The molecule has 0 unspecified atom stereocenters. The number of para-hydroxylation sites is 1. The Bertz CT molecular complexity index is 866. The molecule has 2 aromatic heterocycles. The van der Waals surface area contributed by atoms with Gasteiger partial charge < -0.3 is 15.2 Å². The van der Waals surface area contributed by atoms with Gasteiger partial charge in [-0.05, 0) is 30.9 Å². The third kappa shape index (κ3) is 4.64. The Hall–Kier alpha value is -2.89. The summed E-state index contributed by atoms with van der Waals surface area (Å²) in [5.41, 5.74) is 2.66. The van der Waals surface area contributed by atoms with Crippen molar-refractivity contribution in [1.29, 1.82) is 0 Å². The average molecular weight is 365 g/mol. The Labute approximate surface area is 160 Å². The topological polar surface area (TPSA) is 73.9 Å². The number of carbonyl (C=O) groups excluding carboxylic acids is 1. The minimum atomic E-state index is -0.188. The molecule has 0 atom stereocenters. The van der Waals surface area contributed by atoms with E-state index in [1.54, 1.807) is 12.4 Å². The van der Waals surface area contributed by atoms with Crippen molar-refractivity contribution < 1.29 is 4.79 Å². The first kappa shape index (κ1) is 18.9. The molecular formula is C21H27N5O. The summed E-state index contributed by atoms with van der Waals surface area (Å²) in [6, 6.07) is 8.17. The standard InChI is InChI=1S/C21H27N5O/c1-3-11-26(12-4-2)20-15-24-19(14-25-20)21(27)22-10-9-16-13-23-18-8-6-5-7-17(16)18/h5-8,13-15,23H,3-4,9-12H2,1-2H3,(H,22,27). The highest BCUT2D eigenvalue weighted by atomic mass is 16.1. The van der Waals surface area contributed by atoms with Crippen LogP contribution in [0.1, 0.15) is 42.7 Å². The van der Waals surface area contributed by atoms with E-state index in [2.05, 4.69) is 51.1 Å². The molecule has 0 aliphatic rings. The quantitative estimate of drug-likeness (QED) is 0.608. The lowest BCUT2D eigenvalue weighted by atomic mass is 10.1. The van der Waals surface area contributed by atoms with E-state index in [0.717, 1.165) is 43.7 Å². The lowest BCUT2D eigenvalue weighted by Gasteiger charge is -2.22. The van der Waals surface area contributed by atoms with E-state index in [1.807, 2.05) is 18.3 Å². The van der Waals surface area contributed by atoms with Crippen LogP contribution in [0.2, 0.25) is 0 Å². The predicted molar refractivity (Wildman–Crippen MR) is 109 cm³/mol. The maximum atomic E-state index is 12.3. The number of hydrogen-bond donors (Lipinski definition) is 2. The molecule has 142 valence electrons. The molecule has 0 saturated heterocycles. The first-order chi connectivity index (χ1) is 13.2. The lowest BCUT2D eigenvalue weighted by molar-refractivity contribution is 0.0949. The largest absolute Gasteiger partial charge is 0.361 e. The van der Waals surface area contributed by atoms with Gasteiger partial charge >= 0.3 is 0 Å². The maximum Gasteiger partial charge on any atom is 0.271 e. The highest BCUT2D eigenvalue weighted by Gasteiger charge is 2.11. The van der Waals surface area contributed by atoms with Gasteiger partial charge in [-0.2, -0.15) is 0 Å². The number of aromatic amines is 1. The van der Waals surface area contributed by atoms with Crippen LogP contribution in [0.5, 0.6) is 0 Å². The fourth-order valence-electron chi connectivity index (χ4n) is 3.22. The normalized spacial score (nSPS) is 10.9. The summed E-state index contributed by atoms with van der Waals surface area (Å²) in [5.74, 6) is 0.639. The number of benzene rings is 1. The van der Waals surface area contributed by atoms with Crippen molar-refractivity contribution in [1.82, 2.24) is 20.3 Å². The van der Waals surface area contributed by atoms with Gasteiger partial charge in [0.2, 0.25) is 0 Å². The number of aromatic nitrogens is 3. The number of anilines is 1. The van der Waals surface area contributed by atoms with Crippen LogP contribution >= 0.6 is 0 Å². The van der Waals surface area contributed by atoms with Crippen LogP contribution in [0, 0.1) is 0 Å². The number of rotatable bonds is 9. The summed E-state index contributed by atoms with van der Waals surface area (Å²) >= 11 is 0. The Kier molecular flexibility index (Phi) is 6.41. The van der Waals surface area contributed by atoms with Gasteiger partial charge in [0, 0.05) is 36.7 Å². The van der Waals surface area contributed by atoms with E-state index in [0.29, 0.717) is 12.2 Å². The zero-order valence-electron chi connectivity index (χ0n) is 16.0. The number of hydrogen-bond acceptors (Lipinski definition) is 4. The van der Waals surface area contributed by atoms with Crippen molar-refractivity contribution >= 4 is 22.6 Å². The minimum Gasteiger partial charge on any atom is -0.361 e. The summed E-state index contributed by atoms with van der Waals surface area (Å²) < 4.78 is 0.